The molecule has 2 atom stereocenters. The van der Waals surface area contributed by atoms with E-state index in [1.54, 1.807) is 10.9 Å². The zero-order chi connectivity index (χ0) is 26.5. The molecule has 2 unspecified atom stereocenters. The number of fused-ring (bicyclic) bond motifs is 1. The Bertz CT molecular complexity index is 1230. The Morgan fingerprint density at radius 1 is 1.22 bits per heavy atom. The molecule has 14 heteroatoms. The average molecular weight is 532 g/mol. The summed E-state index contributed by atoms with van der Waals surface area (Å²) in [5.41, 5.74) is 0.770. The Labute approximate surface area is 214 Å². The van der Waals surface area contributed by atoms with Crippen molar-refractivity contribution in [3.05, 3.63) is 41.2 Å². The zero-order valence-corrected chi connectivity index (χ0v) is 20.6. The van der Waals surface area contributed by atoms with E-state index in [1.165, 1.54) is 18.2 Å². The van der Waals surface area contributed by atoms with Crippen molar-refractivity contribution in [3.8, 4) is 0 Å². The second-order valence-electron chi connectivity index (χ2n) is 8.51. The average Bonchev–Trinajstić information content (AvgIpc) is 3.41. The van der Waals surface area contributed by atoms with Gasteiger partial charge in [-0.2, -0.15) is 0 Å². The molecule has 196 valence electrons. The Morgan fingerprint density at radius 2 is 2.03 bits per heavy atom. The van der Waals surface area contributed by atoms with Gasteiger partial charge in [-0.05, 0) is 42.6 Å². The maximum Gasteiger partial charge on any atom is 0.303 e. The third kappa shape index (κ3) is 6.03. The van der Waals surface area contributed by atoms with Crippen LogP contribution >= 0.6 is 0 Å². The van der Waals surface area contributed by atoms with Gasteiger partial charge in [0.25, 0.3) is 11.8 Å². The Balaban J connectivity index is 1.29. The van der Waals surface area contributed by atoms with Gasteiger partial charge in [-0.25, -0.2) is 4.68 Å². The molecular weight excluding hydrogens is 506 g/mol. The quantitative estimate of drug-likeness (QED) is 0.213. The molecule has 0 spiro atoms. The first-order valence-corrected chi connectivity index (χ1v) is 13.0. The number of aromatic nitrogens is 3. The van der Waals surface area contributed by atoms with E-state index in [0.29, 0.717) is 25.1 Å². The summed E-state index contributed by atoms with van der Waals surface area (Å²) in [4.78, 5) is 61.3. The van der Waals surface area contributed by atoms with E-state index >= 15 is 0 Å². The first-order valence-electron chi connectivity index (χ1n) is 11.7. The third-order valence-electron chi connectivity index (χ3n) is 5.96. The Morgan fingerprint density at radius 3 is 2.78 bits per heavy atom. The maximum absolute atomic E-state index is 13.1. The molecule has 1 saturated heterocycles. The van der Waals surface area contributed by atoms with Gasteiger partial charge < -0.3 is 14.4 Å². The fraction of sp³-hybridized carbons (Fsp3) is 0.435. The second-order valence-corrected chi connectivity index (χ2v) is 10.0. The molecule has 1 aromatic heterocycles. The van der Waals surface area contributed by atoms with Crippen LogP contribution in [0.25, 0.3) is 0 Å². The lowest BCUT2D eigenvalue weighted by molar-refractivity contribution is -0.138. The highest BCUT2D eigenvalue weighted by Crippen LogP contribution is 2.32. The van der Waals surface area contributed by atoms with Gasteiger partial charge in [0.05, 0.1) is 31.0 Å². The van der Waals surface area contributed by atoms with E-state index in [2.05, 4.69) is 15.6 Å². The molecule has 1 fully saturated rings. The summed E-state index contributed by atoms with van der Waals surface area (Å²) in [6, 6.07) is 3.40. The van der Waals surface area contributed by atoms with Gasteiger partial charge in [-0.1, -0.05) is 11.3 Å². The maximum atomic E-state index is 13.1. The Hall–Kier alpha value is -3.62. The predicted octanol–water partition coefficient (Wildman–Crippen LogP) is -0.0890. The summed E-state index contributed by atoms with van der Waals surface area (Å²) in [6.07, 6.45) is 2.81. The van der Waals surface area contributed by atoms with Crippen molar-refractivity contribution in [1.29, 1.82) is 0 Å². The largest absolute Gasteiger partial charge is 0.611 e. The molecule has 4 amide bonds. The minimum Gasteiger partial charge on any atom is -0.611 e. The summed E-state index contributed by atoms with van der Waals surface area (Å²) >= 11 is -1.65. The lowest BCUT2D eigenvalue weighted by Gasteiger charge is -2.27. The van der Waals surface area contributed by atoms with Crippen molar-refractivity contribution in [2.24, 2.45) is 0 Å². The summed E-state index contributed by atoms with van der Waals surface area (Å²) in [5.74, 6) is -3.30. The number of carboxylic acid groups (broad SMARTS) is 1. The number of rotatable bonds is 12. The fourth-order valence-corrected chi connectivity index (χ4v) is 5.31. The first kappa shape index (κ1) is 26.4. The number of ether oxygens (including phenoxy) is 1. The number of carbonyl (C=O) groups is 5. The molecule has 2 aromatic rings. The van der Waals surface area contributed by atoms with Crippen LogP contribution < -0.4 is 5.32 Å². The van der Waals surface area contributed by atoms with Gasteiger partial charge in [0.15, 0.2) is 4.90 Å². The van der Waals surface area contributed by atoms with Crippen LogP contribution in [0.1, 0.15) is 52.1 Å². The van der Waals surface area contributed by atoms with Crippen LogP contribution in [0.15, 0.2) is 29.3 Å². The number of imide groups is 2. The van der Waals surface area contributed by atoms with E-state index in [-0.39, 0.29) is 54.3 Å². The van der Waals surface area contributed by atoms with Gasteiger partial charge in [-0.15, -0.1) is 5.10 Å². The number of aliphatic carboxylic acids is 1. The van der Waals surface area contributed by atoms with Crippen molar-refractivity contribution >= 4 is 40.8 Å². The van der Waals surface area contributed by atoms with Crippen LogP contribution in [0, 0.1) is 0 Å². The number of carbonyl (C=O) groups excluding carboxylic acids is 4. The number of carboxylic acids is 1. The molecule has 0 saturated carbocycles. The van der Waals surface area contributed by atoms with E-state index in [9.17, 15) is 28.5 Å². The highest BCUT2D eigenvalue weighted by atomic mass is 32.2. The van der Waals surface area contributed by atoms with E-state index in [0.717, 1.165) is 4.90 Å². The molecule has 2 aliphatic heterocycles. The summed E-state index contributed by atoms with van der Waals surface area (Å²) < 4.78 is 20.1. The van der Waals surface area contributed by atoms with Crippen molar-refractivity contribution in [2.45, 2.75) is 49.6 Å². The minimum atomic E-state index is -1.65. The molecule has 2 aliphatic rings. The number of hydrogen-bond donors (Lipinski definition) is 2. The number of amides is 4. The summed E-state index contributed by atoms with van der Waals surface area (Å²) in [5, 5.41) is 18.8. The molecule has 37 heavy (non-hydrogen) atoms. The van der Waals surface area contributed by atoms with Crippen LogP contribution in [0.4, 0.5) is 0 Å². The molecule has 13 nitrogen and oxygen atoms in total. The van der Waals surface area contributed by atoms with Crippen LogP contribution in [-0.4, -0.2) is 84.2 Å². The lowest BCUT2D eigenvalue weighted by Crippen LogP contribution is -2.54. The monoisotopic (exact) mass is 531 g/mol. The molecule has 3 heterocycles. The molecule has 0 aliphatic carbocycles. The molecule has 0 bridgehead atoms. The van der Waals surface area contributed by atoms with E-state index in [4.69, 9.17) is 9.84 Å². The minimum absolute atomic E-state index is 0.00794. The van der Waals surface area contributed by atoms with Gasteiger partial charge >= 0.3 is 5.97 Å². The van der Waals surface area contributed by atoms with Crippen LogP contribution in [0.3, 0.4) is 0 Å². The van der Waals surface area contributed by atoms with E-state index in [1.807, 2.05) is 0 Å². The molecule has 2 N–H and O–H groups in total. The van der Waals surface area contributed by atoms with Crippen molar-refractivity contribution in [1.82, 2.24) is 25.2 Å². The number of nitrogens with one attached hydrogen (secondary N) is 1. The Kier molecular flexibility index (Phi) is 8.31. The topological polar surface area (TPSA) is 184 Å². The zero-order valence-electron chi connectivity index (χ0n) is 19.8. The van der Waals surface area contributed by atoms with Gasteiger partial charge in [0.1, 0.15) is 17.4 Å². The summed E-state index contributed by atoms with van der Waals surface area (Å²) in [6.45, 7) is 0.783. The molecular formula is C23H25N5O8S. The normalized spacial score (nSPS) is 18.2. The fourth-order valence-electron chi connectivity index (χ4n) is 4.16. The van der Waals surface area contributed by atoms with Crippen molar-refractivity contribution in [3.63, 3.8) is 0 Å². The van der Waals surface area contributed by atoms with Gasteiger partial charge in [0, 0.05) is 19.0 Å². The van der Waals surface area contributed by atoms with Gasteiger partial charge in [0.2, 0.25) is 11.8 Å². The van der Waals surface area contributed by atoms with Crippen LogP contribution in [0.5, 0.6) is 0 Å². The number of nitrogens with zero attached hydrogens (tertiary/aromatic N) is 4. The highest BCUT2D eigenvalue weighted by Gasteiger charge is 2.47. The molecule has 1 aromatic carbocycles. The predicted molar refractivity (Wildman–Crippen MR) is 126 cm³/mol. The number of benzene rings is 1. The second kappa shape index (κ2) is 11.6. The van der Waals surface area contributed by atoms with Crippen LogP contribution in [0.2, 0.25) is 0 Å². The third-order valence-corrected chi connectivity index (χ3v) is 7.33. The van der Waals surface area contributed by atoms with Crippen molar-refractivity contribution in [2.75, 3.05) is 19.0 Å². The summed E-state index contributed by atoms with van der Waals surface area (Å²) in [7, 11) is 0. The standard InChI is InChI=1S/C23H25N5O8S/c29-18-8-7-16(21(32)24-18)28-22(33)15-4-2-5-17(20(15)23(28)34)37(35)12-11-36-10-9-27-13-14(25-26-27)3-1-6-19(30)31/h2,4-5,13,16H,1,3,6-12H2,(H,30,31)(H,24,29,32). The van der Waals surface area contributed by atoms with E-state index < -0.39 is 46.8 Å². The van der Waals surface area contributed by atoms with Crippen LogP contribution in [-0.2, 0) is 43.3 Å². The highest BCUT2D eigenvalue weighted by molar-refractivity contribution is 7.91. The first-order chi connectivity index (χ1) is 17.8. The van der Waals surface area contributed by atoms with Crippen molar-refractivity contribution < 1.29 is 38.4 Å². The number of aryl methyl sites for hydroxylation is 1. The number of piperidine rings is 1. The number of hydrogen-bond acceptors (Lipinski definition) is 9. The van der Waals surface area contributed by atoms with Gasteiger partial charge in [-0.3, -0.25) is 34.2 Å². The SMILES string of the molecule is O=C(O)CCCc1cn(CCOCC[S+]([O-])c2cccc3c2C(=O)N(C2CCC(=O)NC2=O)C3=O)nn1. The molecule has 4 rings (SSSR count). The lowest BCUT2D eigenvalue weighted by atomic mass is 10.0. The molecule has 0 radical (unpaired) electrons. The smallest absolute Gasteiger partial charge is 0.303 e.